The van der Waals surface area contributed by atoms with Gasteiger partial charge in [0.15, 0.2) is 9.84 Å². The molecule has 1 aromatic rings. The second-order valence-corrected chi connectivity index (χ2v) is 9.09. The highest BCUT2D eigenvalue weighted by Crippen LogP contribution is 2.38. The van der Waals surface area contributed by atoms with E-state index in [9.17, 15) is 13.2 Å². The van der Waals surface area contributed by atoms with Gasteiger partial charge in [0.1, 0.15) is 0 Å². The van der Waals surface area contributed by atoms with Crippen molar-refractivity contribution < 1.29 is 13.2 Å². The molecule has 2 rings (SSSR count). The van der Waals surface area contributed by atoms with Crippen molar-refractivity contribution in [3.05, 3.63) is 29.8 Å². The van der Waals surface area contributed by atoms with Crippen LogP contribution >= 0.6 is 12.4 Å². The van der Waals surface area contributed by atoms with Crippen LogP contribution < -0.4 is 11.1 Å². The van der Waals surface area contributed by atoms with Crippen molar-refractivity contribution >= 4 is 28.2 Å². The number of amides is 1. The van der Waals surface area contributed by atoms with Crippen molar-refractivity contribution in [2.45, 2.75) is 56.4 Å². The Morgan fingerprint density at radius 3 is 2.24 bits per heavy atom. The lowest BCUT2D eigenvalue weighted by molar-refractivity contribution is -0.124. The van der Waals surface area contributed by atoms with Crippen LogP contribution in [0.4, 0.5) is 0 Å². The Balaban J connectivity index is 0.00000312. The molecule has 7 heteroatoms. The van der Waals surface area contributed by atoms with Gasteiger partial charge >= 0.3 is 0 Å². The number of carbonyl (C=O) groups is 1. The average molecular weight is 389 g/mol. The standard InChI is InChI=1S/C18H28N2O3S.ClH/c1-14(15-6-8-16(9-7-15)24(2,22)23)20-17(21)12-18(13-19)10-4-3-5-11-18;/h6-9,14H,3-5,10-13,19H2,1-2H3,(H,20,21);1H. The van der Waals surface area contributed by atoms with Gasteiger partial charge in [-0.1, -0.05) is 31.4 Å². The van der Waals surface area contributed by atoms with Crippen LogP contribution in [0.5, 0.6) is 0 Å². The third-order valence-electron chi connectivity index (χ3n) is 5.07. The maximum Gasteiger partial charge on any atom is 0.221 e. The van der Waals surface area contributed by atoms with Gasteiger partial charge in [0.25, 0.3) is 0 Å². The highest BCUT2D eigenvalue weighted by molar-refractivity contribution is 7.90. The number of nitrogens with one attached hydrogen (secondary N) is 1. The molecule has 1 saturated carbocycles. The number of nitrogens with two attached hydrogens (primary N) is 1. The molecule has 0 bridgehead atoms. The normalized spacial score (nSPS) is 18.0. The van der Waals surface area contributed by atoms with E-state index in [-0.39, 0.29) is 34.7 Å². The lowest BCUT2D eigenvalue weighted by Crippen LogP contribution is -2.39. The number of hydrogen-bond donors (Lipinski definition) is 2. The lowest BCUT2D eigenvalue weighted by Gasteiger charge is -2.36. The molecule has 0 heterocycles. The zero-order chi connectivity index (χ0) is 17.8. The lowest BCUT2D eigenvalue weighted by atomic mass is 9.71. The van der Waals surface area contributed by atoms with Gasteiger partial charge in [-0.15, -0.1) is 12.4 Å². The maximum absolute atomic E-state index is 12.4. The summed E-state index contributed by atoms with van der Waals surface area (Å²) in [7, 11) is -3.20. The summed E-state index contributed by atoms with van der Waals surface area (Å²) < 4.78 is 23.0. The first-order valence-corrected chi connectivity index (χ1v) is 10.4. The zero-order valence-corrected chi connectivity index (χ0v) is 16.6. The van der Waals surface area contributed by atoms with Gasteiger partial charge in [-0.25, -0.2) is 8.42 Å². The van der Waals surface area contributed by atoms with E-state index < -0.39 is 9.84 Å². The fraction of sp³-hybridized carbons (Fsp3) is 0.611. The molecule has 0 aromatic heterocycles. The number of rotatable bonds is 6. The molecule has 0 radical (unpaired) electrons. The Bertz CT molecular complexity index is 668. The van der Waals surface area contributed by atoms with Crippen LogP contribution in [0.25, 0.3) is 0 Å². The Labute approximate surface area is 157 Å². The van der Waals surface area contributed by atoms with Crippen LogP contribution in [0.1, 0.15) is 57.1 Å². The van der Waals surface area contributed by atoms with Crippen LogP contribution in [-0.4, -0.2) is 27.1 Å². The highest BCUT2D eigenvalue weighted by atomic mass is 35.5. The van der Waals surface area contributed by atoms with E-state index in [0.29, 0.717) is 13.0 Å². The molecule has 1 aliphatic rings. The van der Waals surface area contributed by atoms with Crippen molar-refractivity contribution in [3.8, 4) is 0 Å². The molecule has 25 heavy (non-hydrogen) atoms. The fourth-order valence-electron chi connectivity index (χ4n) is 3.47. The molecule has 1 fully saturated rings. The summed E-state index contributed by atoms with van der Waals surface area (Å²) in [6.45, 7) is 2.46. The molecule has 0 spiro atoms. The predicted molar refractivity (Wildman–Crippen MR) is 103 cm³/mol. The van der Waals surface area contributed by atoms with Crippen molar-refractivity contribution in [1.29, 1.82) is 0 Å². The van der Waals surface area contributed by atoms with Gasteiger partial charge in [0.2, 0.25) is 5.91 Å². The van der Waals surface area contributed by atoms with E-state index in [1.807, 2.05) is 6.92 Å². The molecule has 3 N–H and O–H groups in total. The third-order valence-corrected chi connectivity index (χ3v) is 6.20. The van der Waals surface area contributed by atoms with E-state index >= 15 is 0 Å². The summed E-state index contributed by atoms with van der Waals surface area (Å²) in [5.74, 6) is 0.0158. The van der Waals surface area contributed by atoms with Gasteiger partial charge in [-0.05, 0) is 49.4 Å². The van der Waals surface area contributed by atoms with E-state index in [2.05, 4.69) is 5.32 Å². The summed E-state index contributed by atoms with van der Waals surface area (Å²) in [5.41, 5.74) is 6.79. The van der Waals surface area contributed by atoms with Gasteiger partial charge in [-0.2, -0.15) is 0 Å². The van der Waals surface area contributed by atoms with Crippen molar-refractivity contribution in [1.82, 2.24) is 5.32 Å². The van der Waals surface area contributed by atoms with E-state index in [4.69, 9.17) is 5.73 Å². The molecule has 5 nitrogen and oxygen atoms in total. The van der Waals surface area contributed by atoms with Gasteiger partial charge in [0.05, 0.1) is 10.9 Å². The minimum absolute atomic E-state index is 0. The summed E-state index contributed by atoms with van der Waals surface area (Å²) in [6.07, 6.45) is 7.22. The number of hydrogen-bond acceptors (Lipinski definition) is 4. The molecule has 1 atom stereocenters. The first kappa shape index (κ1) is 21.9. The van der Waals surface area contributed by atoms with E-state index in [1.54, 1.807) is 24.3 Å². The van der Waals surface area contributed by atoms with Crippen LogP contribution in [0.2, 0.25) is 0 Å². The van der Waals surface area contributed by atoms with Crippen LogP contribution in [0, 0.1) is 5.41 Å². The molecule has 0 saturated heterocycles. The number of halogens is 1. The molecule has 0 aliphatic heterocycles. The topological polar surface area (TPSA) is 89.3 Å². The molecular formula is C18H29ClN2O3S. The SMILES string of the molecule is CC(NC(=O)CC1(CN)CCCCC1)c1ccc(S(C)(=O)=O)cc1.Cl. The molecule has 1 amide bonds. The average Bonchev–Trinajstić information content (AvgIpc) is 2.55. The highest BCUT2D eigenvalue weighted by Gasteiger charge is 2.33. The minimum atomic E-state index is -3.20. The molecule has 1 aromatic carbocycles. The second-order valence-electron chi connectivity index (χ2n) is 7.07. The summed E-state index contributed by atoms with van der Waals surface area (Å²) >= 11 is 0. The Morgan fingerprint density at radius 1 is 1.20 bits per heavy atom. The van der Waals surface area contributed by atoms with Gasteiger partial charge in [-0.3, -0.25) is 4.79 Å². The minimum Gasteiger partial charge on any atom is -0.350 e. The predicted octanol–water partition coefficient (Wildman–Crippen LogP) is 2.99. The zero-order valence-electron chi connectivity index (χ0n) is 15.0. The van der Waals surface area contributed by atoms with Crippen molar-refractivity contribution in [2.24, 2.45) is 11.1 Å². The third kappa shape index (κ3) is 5.97. The quantitative estimate of drug-likeness (QED) is 0.783. The van der Waals surface area contributed by atoms with Gasteiger partial charge < -0.3 is 11.1 Å². The first-order valence-electron chi connectivity index (χ1n) is 8.55. The van der Waals surface area contributed by atoms with E-state index in [0.717, 1.165) is 31.2 Å². The second kappa shape index (κ2) is 9.01. The first-order chi connectivity index (χ1) is 11.3. The summed E-state index contributed by atoms with van der Waals surface area (Å²) in [4.78, 5) is 12.7. The van der Waals surface area contributed by atoms with Crippen molar-refractivity contribution in [2.75, 3.05) is 12.8 Å². The Kier molecular flexibility index (Phi) is 7.90. The number of carbonyl (C=O) groups excluding carboxylic acids is 1. The van der Waals surface area contributed by atoms with Crippen LogP contribution in [0.3, 0.4) is 0 Å². The molecule has 142 valence electrons. The monoisotopic (exact) mass is 388 g/mol. The number of sulfone groups is 1. The molecule has 1 unspecified atom stereocenters. The Hall–Kier alpha value is -1.11. The molecular weight excluding hydrogens is 360 g/mol. The maximum atomic E-state index is 12.4. The largest absolute Gasteiger partial charge is 0.350 e. The smallest absolute Gasteiger partial charge is 0.221 e. The van der Waals surface area contributed by atoms with Gasteiger partial charge in [0, 0.05) is 12.7 Å². The fourth-order valence-corrected chi connectivity index (χ4v) is 4.11. The van der Waals surface area contributed by atoms with Crippen molar-refractivity contribution in [3.63, 3.8) is 0 Å². The van der Waals surface area contributed by atoms with E-state index in [1.165, 1.54) is 12.7 Å². The summed E-state index contributed by atoms with van der Waals surface area (Å²) in [5, 5.41) is 3.02. The number of benzene rings is 1. The molecule has 1 aliphatic carbocycles. The van der Waals surface area contributed by atoms with Crippen LogP contribution in [-0.2, 0) is 14.6 Å². The Morgan fingerprint density at radius 2 is 1.76 bits per heavy atom. The van der Waals surface area contributed by atoms with Crippen LogP contribution in [0.15, 0.2) is 29.2 Å². The summed E-state index contributed by atoms with van der Waals surface area (Å²) in [6, 6.07) is 6.50.